The first-order valence-electron chi connectivity index (χ1n) is 7.67. The monoisotopic (exact) mass is 373 g/mol. The third-order valence-electron chi connectivity index (χ3n) is 3.67. The van der Waals surface area contributed by atoms with E-state index < -0.39 is 54.2 Å². The highest BCUT2D eigenvalue weighted by molar-refractivity contribution is 6.10. The summed E-state index contributed by atoms with van der Waals surface area (Å²) in [4.78, 5) is 35.3. The number of nitrogens with one attached hydrogen (secondary N) is 3. The average Bonchev–Trinajstić information content (AvgIpc) is 3.02. The first kappa shape index (κ1) is 21.3. The summed E-state index contributed by atoms with van der Waals surface area (Å²) in [5.74, 6) is -10.5. The summed E-state index contributed by atoms with van der Waals surface area (Å²) >= 11 is 0. The molecule has 0 aromatic carbocycles. The fourth-order valence-corrected chi connectivity index (χ4v) is 2.30. The van der Waals surface area contributed by atoms with E-state index in [0.29, 0.717) is 19.4 Å². The maximum Gasteiger partial charge on any atom is 0.405 e. The van der Waals surface area contributed by atoms with Crippen LogP contribution in [-0.4, -0.2) is 54.9 Å². The Morgan fingerprint density at radius 2 is 1.76 bits per heavy atom. The summed E-state index contributed by atoms with van der Waals surface area (Å²) in [5.41, 5.74) is 0. The van der Waals surface area contributed by atoms with E-state index in [9.17, 15) is 36.3 Å². The van der Waals surface area contributed by atoms with Crippen LogP contribution in [0.2, 0.25) is 0 Å². The molecule has 0 spiro atoms. The quantitative estimate of drug-likeness (QED) is 0.454. The molecule has 1 fully saturated rings. The Bertz CT molecular complexity index is 516. The van der Waals surface area contributed by atoms with Gasteiger partial charge in [0.15, 0.2) is 0 Å². The lowest BCUT2D eigenvalue weighted by Crippen LogP contribution is -2.58. The minimum Gasteiger partial charge on any atom is -0.344 e. The van der Waals surface area contributed by atoms with Crippen LogP contribution in [0.5, 0.6) is 0 Å². The van der Waals surface area contributed by atoms with Gasteiger partial charge in [-0.1, -0.05) is 13.8 Å². The predicted molar refractivity (Wildman–Crippen MR) is 76.8 cm³/mol. The van der Waals surface area contributed by atoms with Crippen molar-refractivity contribution in [3.63, 3.8) is 0 Å². The van der Waals surface area contributed by atoms with Crippen molar-refractivity contribution in [3.8, 4) is 0 Å². The van der Waals surface area contributed by atoms with E-state index in [1.54, 1.807) is 0 Å². The van der Waals surface area contributed by atoms with Crippen LogP contribution in [0, 0.1) is 5.92 Å². The molecule has 3 N–H and O–H groups in total. The molecule has 1 aliphatic heterocycles. The SMILES string of the molecule is CC(C)[C@H](NC(=O)C1CCCN1)C(=O)C(F)(F)C(=O)NCC(F)(F)F. The van der Waals surface area contributed by atoms with Crippen molar-refractivity contribution in [1.82, 2.24) is 16.0 Å². The Morgan fingerprint density at radius 3 is 2.20 bits per heavy atom. The molecule has 1 aliphatic rings. The van der Waals surface area contributed by atoms with Crippen LogP contribution < -0.4 is 16.0 Å². The van der Waals surface area contributed by atoms with Gasteiger partial charge in [0.05, 0.1) is 12.1 Å². The van der Waals surface area contributed by atoms with E-state index in [0.717, 1.165) is 5.32 Å². The maximum absolute atomic E-state index is 13.9. The molecule has 144 valence electrons. The van der Waals surface area contributed by atoms with E-state index in [2.05, 4.69) is 10.6 Å². The van der Waals surface area contributed by atoms with Gasteiger partial charge in [0.1, 0.15) is 6.54 Å². The first-order valence-corrected chi connectivity index (χ1v) is 7.67. The van der Waals surface area contributed by atoms with Gasteiger partial charge >= 0.3 is 12.1 Å². The van der Waals surface area contributed by atoms with Crippen molar-refractivity contribution in [2.75, 3.05) is 13.1 Å². The number of hydrogen-bond acceptors (Lipinski definition) is 4. The highest BCUT2D eigenvalue weighted by Gasteiger charge is 2.52. The molecule has 1 saturated heterocycles. The lowest BCUT2D eigenvalue weighted by atomic mass is 9.95. The van der Waals surface area contributed by atoms with Gasteiger partial charge in [-0.05, 0) is 25.3 Å². The van der Waals surface area contributed by atoms with Gasteiger partial charge in [0.2, 0.25) is 11.7 Å². The van der Waals surface area contributed by atoms with E-state index >= 15 is 0 Å². The van der Waals surface area contributed by atoms with Gasteiger partial charge in [-0.15, -0.1) is 0 Å². The Labute approximate surface area is 140 Å². The second-order valence-corrected chi connectivity index (χ2v) is 6.12. The Morgan fingerprint density at radius 1 is 1.16 bits per heavy atom. The van der Waals surface area contributed by atoms with Crippen LogP contribution in [0.3, 0.4) is 0 Å². The molecule has 25 heavy (non-hydrogen) atoms. The zero-order valence-electron chi connectivity index (χ0n) is 13.7. The van der Waals surface area contributed by atoms with E-state index in [4.69, 9.17) is 0 Å². The average molecular weight is 373 g/mol. The summed E-state index contributed by atoms with van der Waals surface area (Å²) < 4.78 is 63.9. The molecule has 1 heterocycles. The summed E-state index contributed by atoms with van der Waals surface area (Å²) in [5, 5.41) is 5.97. The molecule has 0 aromatic heterocycles. The van der Waals surface area contributed by atoms with Gasteiger partial charge in [0, 0.05) is 0 Å². The van der Waals surface area contributed by atoms with Gasteiger partial charge in [0.25, 0.3) is 5.91 Å². The minimum atomic E-state index is -4.89. The Kier molecular flexibility index (Phi) is 6.86. The number of halogens is 5. The van der Waals surface area contributed by atoms with Gasteiger partial charge < -0.3 is 16.0 Å². The zero-order valence-corrected chi connectivity index (χ0v) is 13.7. The van der Waals surface area contributed by atoms with Gasteiger partial charge in [-0.2, -0.15) is 22.0 Å². The number of amides is 2. The standard InChI is InChI=1S/C14H20F5N3O3/c1-7(2)9(22-11(24)8-4-3-5-20-8)10(23)14(18,19)12(25)21-6-13(15,16)17/h7-9,20H,3-6H2,1-2H3,(H,21,25)(H,22,24)/t8?,9-/m0/s1. The molecule has 0 saturated carbocycles. The lowest BCUT2D eigenvalue weighted by Gasteiger charge is -2.26. The number of carbonyl (C=O) groups excluding carboxylic acids is 3. The smallest absolute Gasteiger partial charge is 0.344 e. The molecule has 0 aromatic rings. The third kappa shape index (κ3) is 5.91. The molecule has 6 nitrogen and oxygen atoms in total. The number of rotatable bonds is 7. The number of carbonyl (C=O) groups is 3. The molecule has 2 atom stereocenters. The van der Waals surface area contributed by atoms with Crippen molar-refractivity contribution in [2.45, 2.75) is 50.9 Å². The number of ketones is 1. The van der Waals surface area contributed by atoms with Crippen LogP contribution in [0.4, 0.5) is 22.0 Å². The van der Waals surface area contributed by atoms with Crippen LogP contribution in [0.25, 0.3) is 0 Å². The molecule has 2 amide bonds. The van der Waals surface area contributed by atoms with Crippen molar-refractivity contribution in [3.05, 3.63) is 0 Å². The molecular formula is C14H20F5N3O3. The predicted octanol–water partition coefficient (Wildman–Crippen LogP) is 0.762. The van der Waals surface area contributed by atoms with Crippen LogP contribution in [0.15, 0.2) is 0 Å². The number of alkyl halides is 5. The molecule has 1 rings (SSSR count). The zero-order chi connectivity index (χ0) is 19.4. The van der Waals surface area contributed by atoms with Crippen LogP contribution >= 0.6 is 0 Å². The number of hydrogen-bond donors (Lipinski definition) is 3. The van der Waals surface area contributed by atoms with Crippen molar-refractivity contribution < 1.29 is 36.3 Å². The second kappa shape index (κ2) is 8.07. The normalized spacial score (nSPS) is 19.6. The van der Waals surface area contributed by atoms with E-state index in [1.165, 1.54) is 13.8 Å². The Balaban J connectivity index is 2.81. The fraction of sp³-hybridized carbons (Fsp3) is 0.786. The number of Topliss-reactive ketones (excluding diaryl/α,β-unsaturated/α-hetero) is 1. The molecule has 1 unspecified atom stereocenters. The van der Waals surface area contributed by atoms with Gasteiger partial charge in [-0.25, -0.2) is 0 Å². The molecule has 0 radical (unpaired) electrons. The van der Waals surface area contributed by atoms with Crippen LogP contribution in [0.1, 0.15) is 26.7 Å². The molecule has 0 aliphatic carbocycles. The summed E-state index contributed by atoms with van der Waals surface area (Å²) in [7, 11) is 0. The molecule has 11 heteroatoms. The molecular weight excluding hydrogens is 353 g/mol. The summed E-state index contributed by atoms with van der Waals surface area (Å²) in [6.45, 7) is 1.32. The summed E-state index contributed by atoms with van der Waals surface area (Å²) in [6, 6.07) is -2.34. The lowest BCUT2D eigenvalue weighted by molar-refractivity contribution is -0.165. The highest BCUT2D eigenvalue weighted by Crippen LogP contribution is 2.22. The summed E-state index contributed by atoms with van der Waals surface area (Å²) in [6.07, 6.45) is -3.73. The van der Waals surface area contributed by atoms with Crippen molar-refractivity contribution >= 4 is 17.6 Å². The largest absolute Gasteiger partial charge is 0.405 e. The first-order chi connectivity index (χ1) is 11.4. The topological polar surface area (TPSA) is 87.3 Å². The van der Waals surface area contributed by atoms with Crippen molar-refractivity contribution in [2.24, 2.45) is 5.92 Å². The van der Waals surface area contributed by atoms with Crippen LogP contribution in [-0.2, 0) is 14.4 Å². The highest BCUT2D eigenvalue weighted by atomic mass is 19.4. The maximum atomic E-state index is 13.9. The fourth-order valence-electron chi connectivity index (χ4n) is 2.30. The Hall–Kier alpha value is -1.78. The third-order valence-corrected chi connectivity index (χ3v) is 3.67. The second-order valence-electron chi connectivity index (χ2n) is 6.12. The van der Waals surface area contributed by atoms with Crippen molar-refractivity contribution in [1.29, 1.82) is 0 Å². The van der Waals surface area contributed by atoms with Gasteiger partial charge in [-0.3, -0.25) is 14.4 Å². The molecule has 0 bridgehead atoms. The van der Waals surface area contributed by atoms with E-state index in [1.807, 2.05) is 0 Å². The minimum absolute atomic E-state index is 0.466. The van der Waals surface area contributed by atoms with E-state index in [-0.39, 0.29) is 0 Å².